The fourth-order valence-corrected chi connectivity index (χ4v) is 4.89. The van der Waals surface area contributed by atoms with Gasteiger partial charge in [0.15, 0.2) is 0 Å². The van der Waals surface area contributed by atoms with Crippen LogP contribution in [-0.2, 0) is 25.6 Å². The number of ketones is 1. The largest absolute Gasteiger partial charge is 0.497 e. The molecule has 0 spiro atoms. The highest BCUT2D eigenvalue weighted by Crippen LogP contribution is 2.24. The van der Waals surface area contributed by atoms with Crippen LogP contribution in [0.15, 0.2) is 72.8 Å². The molecule has 278 valence electrons. The number of benzene rings is 3. The summed E-state index contributed by atoms with van der Waals surface area (Å²) in [5.74, 6) is -13.6. The monoisotopic (exact) mass is 740 g/mol. The molecule has 3 aromatic rings. The molecule has 3 unspecified atom stereocenters. The summed E-state index contributed by atoms with van der Waals surface area (Å²) < 4.78 is 72.7. The van der Waals surface area contributed by atoms with E-state index in [1.807, 2.05) is 12.1 Å². The van der Waals surface area contributed by atoms with Crippen LogP contribution in [0.1, 0.15) is 52.5 Å². The molecule has 0 radical (unpaired) electrons. The summed E-state index contributed by atoms with van der Waals surface area (Å²) in [5.41, 5.74) is 0.847. The maximum Gasteiger partial charge on any atom is 0.405 e. The van der Waals surface area contributed by atoms with Crippen molar-refractivity contribution >= 4 is 29.4 Å². The maximum absolute atomic E-state index is 14.9. The van der Waals surface area contributed by atoms with Gasteiger partial charge in [-0.3, -0.25) is 24.0 Å². The van der Waals surface area contributed by atoms with Crippen molar-refractivity contribution in [2.24, 2.45) is 5.92 Å². The van der Waals surface area contributed by atoms with Crippen LogP contribution in [0.4, 0.5) is 22.0 Å². The lowest BCUT2D eigenvalue weighted by Gasteiger charge is -2.28. The van der Waals surface area contributed by atoms with Gasteiger partial charge in [0.1, 0.15) is 24.4 Å². The molecule has 0 saturated heterocycles. The highest BCUT2D eigenvalue weighted by atomic mass is 19.4. The van der Waals surface area contributed by atoms with Crippen LogP contribution >= 0.6 is 0 Å². The third-order valence-electron chi connectivity index (χ3n) is 7.66. The fourth-order valence-electron chi connectivity index (χ4n) is 4.89. The van der Waals surface area contributed by atoms with Gasteiger partial charge < -0.3 is 26.0 Å². The van der Waals surface area contributed by atoms with Crippen molar-refractivity contribution in [1.82, 2.24) is 21.3 Å². The first kappa shape index (κ1) is 41.1. The SMILES string of the molecule is COc1ccc(C(NC(=O)C(Cc2cccc(C#N)c2)NC(=O)c2cccc(C#N)c2)C(=O)NC(C(=O)C(F)(F)C(=O)NCC(F)(F)F)C(C)C)cc1. The molecule has 12 nitrogen and oxygen atoms in total. The number of ether oxygens (including phenoxy) is 1. The Bertz CT molecular complexity index is 1920. The molecule has 0 aliphatic rings. The van der Waals surface area contributed by atoms with Gasteiger partial charge in [0.2, 0.25) is 17.6 Å². The quantitative estimate of drug-likeness (QED) is 0.134. The molecule has 4 N–H and O–H groups in total. The van der Waals surface area contributed by atoms with Crippen molar-refractivity contribution in [2.45, 2.75) is 50.5 Å². The molecule has 17 heteroatoms. The molecular weight excluding hydrogens is 707 g/mol. The van der Waals surface area contributed by atoms with Crippen LogP contribution in [-0.4, -0.2) is 67.2 Å². The number of hydrogen-bond acceptors (Lipinski definition) is 8. The Morgan fingerprint density at radius 3 is 1.96 bits per heavy atom. The zero-order valence-electron chi connectivity index (χ0n) is 28.4. The lowest BCUT2D eigenvalue weighted by molar-refractivity contribution is -0.165. The third-order valence-corrected chi connectivity index (χ3v) is 7.66. The number of rotatable bonds is 15. The van der Waals surface area contributed by atoms with Gasteiger partial charge in [-0.1, -0.05) is 44.2 Å². The molecule has 3 rings (SSSR count). The van der Waals surface area contributed by atoms with Crippen molar-refractivity contribution in [2.75, 3.05) is 13.7 Å². The number of halogens is 5. The maximum atomic E-state index is 14.9. The van der Waals surface area contributed by atoms with Gasteiger partial charge in [0.05, 0.1) is 36.4 Å². The fraction of sp³-hybridized carbons (Fsp3) is 0.306. The molecule has 3 atom stereocenters. The molecule has 0 fully saturated rings. The van der Waals surface area contributed by atoms with Crippen LogP contribution in [0.5, 0.6) is 5.75 Å². The average Bonchev–Trinajstić information content (AvgIpc) is 3.13. The Labute approximate surface area is 300 Å². The molecule has 0 bridgehead atoms. The zero-order chi connectivity index (χ0) is 39.5. The third kappa shape index (κ3) is 11.3. The van der Waals surface area contributed by atoms with Crippen LogP contribution < -0.4 is 26.0 Å². The first-order valence-corrected chi connectivity index (χ1v) is 15.7. The highest BCUT2D eigenvalue weighted by molar-refractivity contribution is 6.11. The number of nitriles is 2. The number of Topliss-reactive ketones (excluding diaryl/α,β-unsaturated/α-hetero) is 1. The van der Waals surface area contributed by atoms with E-state index in [9.17, 15) is 56.4 Å². The van der Waals surface area contributed by atoms with E-state index in [1.165, 1.54) is 87.7 Å². The summed E-state index contributed by atoms with van der Waals surface area (Å²) in [6.45, 7) is 0.326. The molecule has 0 aliphatic heterocycles. The van der Waals surface area contributed by atoms with Gasteiger partial charge in [-0.2, -0.15) is 32.5 Å². The van der Waals surface area contributed by atoms with Crippen LogP contribution in [0.25, 0.3) is 0 Å². The smallest absolute Gasteiger partial charge is 0.405 e. The molecular formula is C36H33F5N6O6. The second kappa shape index (κ2) is 17.7. The lowest BCUT2D eigenvalue weighted by Crippen LogP contribution is -2.58. The Balaban J connectivity index is 1.99. The Kier molecular flexibility index (Phi) is 13.7. The summed E-state index contributed by atoms with van der Waals surface area (Å²) >= 11 is 0. The van der Waals surface area contributed by atoms with Crippen LogP contribution in [0, 0.1) is 28.6 Å². The second-order valence-corrected chi connectivity index (χ2v) is 11.9. The Morgan fingerprint density at radius 2 is 1.40 bits per heavy atom. The summed E-state index contributed by atoms with van der Waals surface area (Å²) in [6.07, 6.45) is -5.28. The molecule has 4 amide bonds. The standard InChI is InChI=1S/C36H33F5N6O6/c1-20(2)28(30(48)36(40,41)34(52)44-19-35(37,38)39)46-33(51)29(24-10-12-26(53-3)13-11-24)47-32(50)27(16-21-6-4-7-22(14-21)17-42)45-31(49)25-9-5-8-23(15-25)18-43/h4-15,20,27-29H,16,19H2,1-3H3,(H,44,52)(H,45,49)(H,46,51)(H,47,50). The van der Waals surface area contributed by atoms with Gasteiger partial charge in [-0.05, 0) is 59.5 Å². The highest BCUT2D eigenvalue weighted by Gasteiger charge is 2.52. The van der Waals surface area contributed by atoms with E-state index in [0.717, 1.165) is 5.32 Å². The van der Waals surface area contributed by atoms with E-state index in [2.05, 4.69) is 16.0 Å². The van der Waals surface area contributed by atoms with Gasteiger partial charge in [-0.25, -0.2) is 0 Å². The van der Waals surface area contributed by atoms with Crippen LogP contribution in [0.2, 0.25) is 0 Å². The van der Waals surface area contributed by atoms with Crippen molar-refractivity contribution in [1.29, 1.82) is 10.5 Å². The van der Waals surface area contributed by atoms with E-state index in [1.54, 1.807) is 6.07 Å². The lowest BCUT2D eigenvalue weighted by atomic mass is 9.94. The molecule has 0 heterocycles. The zero-order valence-corrected chi connectivity index (χ0v) is 28.4. The molecule has 0 aliphatic carbocycles. The number of carbonyl (C=O) groups is 5. The van der Waals surface area contributed by atoms with Crippen molar-refractivity contribution in [3.05, 3.63) is 101 Å². The van der Waals surface area contributed by atoms with E-state index >= 15 is 0 Å². The molecule has 0 saturated carbocycles. The van der Waals surface area contributed by atoms with E-state index in [-0.39, 0.29) is 28.7 Å². The average molecular weight is 741 g/mol. The van der Waals surface area contributed by atoms with Crippen molar-refractivity contribution in [3.63, 3.8) is 0 Å². The van der Waals surface area contributed by atoms with Gasteiger partial charge in [0, 0.05) is 12.0 Å². The number of hydrogen-bond donors (Lipinski definition) is 4. The van der Waals surface area contributed by atoms with Crippen LogP contribution in [0.3, 0.4) is 0 Å². The normalized spacial score (nSPS) is 13.0. The summed E-state index contributed by atoms with van der Waals surface area (Å²) in [4.78, 5) is 66.0. The van der Waals surface area contributed by atoms with Crippen molar-refractivity contribution in [3.8, 4) is 17.9 Å². The minimum absolute atomic E-state index is 0.00978. The second-order valence-electron chi connectivity index (χ2n) is 11.9. The van der Waals surface area contributed by atoms with E-state index in [4.69, 9.17) is 4.74 Å². The molecule has 53 heavy (non-hydrogen) atoms. The number of methoxy groups -OCH3 is 1. The summed E-state index contributed by atoms with van der Waals surface area (Å²) in [5, 5.41) is 26.7. The number of carbonyl (C=O) groups excluding carboxylic acids is 5. The Morgan fingerprint density at radius 1 is 0.792 bits per heavy atom. The first-order chi connectivity index (χ1) is 24.9. The first-order valence-electron chi connectivity index (χ1n) is 15.7. The number of alkyl halides is 5. The molecule has 3 aromatic carbocycles. The van der Waals surface area contributed by atoms with E-state index in [0.29, 0.717) is 11.3 Å². The minimum Gasteiger partial charge on any atom is -0.497 e. The van der Waals surface area contributed by atoms with Gasteiger partial charge >= 0.3 is 12.1 Å². The van der Waals surface area contributed by atoms with Crippen molar-refractivity contribution < 1.29 is 50.7 Å². The number of nitrogens with one attached hydrogen (secondary N) is 4. The molecule has 0 aromatic heterocycles. The van der Waals surface area contributed by atoms with Gasteiger partial charge in [-0.15, -0.1) is 0 Å². The summed E-state index contributed by atoms with van der Waals surface area (Å²) in [6, 6.07) is 15.6. The predicted molar refractivity (Wildman–Crippen MR) is 177 cm³/mol. The predicted octanol–water partition coefficient (Wildman–Crippen LogP) is 3.66. The van der Waals surface area contributed by atoms with E-state index < -0.39 is 72.1 Å². The Hall–Kier alpha value is -6.36. The minimum atomic E-state index is -5.05. The van der Waals surface area contributed by atoms with Gasteiger partial charge in [0.25, 0.3) is 11.8 Å². The summed E-state index contributed by atoms with van der Waals surface area (Å²) in [7, 11) is 1.35. The topological polar surface area (TPSA) is 190 Å². The number of nitrogens with zero attached hydrogens (tertiary/aromatic N) is 2. The number of amides is 4.